The minimum atomic E-state index is 0.944. The molecule has 104 valence electrons. The first-order chi connectivity index (χ1) is 9.74. The molecular weight excluding hydrogens is 252 g/mol. The van der Waals surface area contributed by atoms with Gasteiger partial charge in [-0.05, 0) is 13.8 Å². The Kier molecular flexibility index (Phi) is 3.45. The molecule has 0 aliphatic carbocycles. The lowest BCUT2D eigenvalue weighted by Crippen LogP contribution is -2.47. The quantitative estimate of drug-likeness (QED) is 0.817. The normalized spacial score (nSPS) is 15.5. The molecule has 1 saturated heterocycles. The van der Waals surface area contributed by atoms with Crippen molar-refractivity contribution >= 4 is 11.6 Å². The Morgan fingerprint density at radius 2 is 1.65 bits per heavy atom. The van der Waals surface area contributed by atoms with E-state index in [0.717, 1.165) is 49.1 Å². The van der Waals surface area contributed by atoms with Crippen LogP contribution < -0.4 is 9.80 Å². The van der Waals surface area contributed by atoms with Crippen molar-refractivity contribution in [2.45, 2.75) is 13.8 Å². The summed E-state index contributed by atoms with van der Waals surface area (Å²) in [4.78, 5) is 21.5. The minimum absolute atomic E-state index is 0.944. The van der Waals surface area contributed by atoms with E-state index in [2.05, 4.69) is 36.7 Å². The Bertz CT molecular complexity index is 592. The molecule has 0 unspecified atom stereocenters. The van der Waals surface area contributed by atoms with Crippen LogP contribution in [0.4, 0.5) is 11.6 Å². The molecule has 0 amide bonds. The SMILES string of the molecule is Cc1cc(N2CCN(c3ncncc3C)CC2)ncn1. The summed E-state index contributed by atoms with van der Waals surface area (Å²) in [6.07, 6.45) is 5.11. The molecular formula is C14H18N6. The highest BCUT2D eigenvalue weighted by Gasteiger charge is 2.20. The summed E-state index contributed by atoms with van der Waals surface area (Å²) in [6.45, 7) is 7.82. The molecule has 2 aromatic heterocycles. The number of hydrogen-bond donors (Lipinski definition) is 0. The summed E-state index contributed by atoms with van der Waals surface area (Å²) >= 11 is 0. The van der Waals surface area contributed by atoms with Gasteiger partial charge < -0.3 is 9.80 Å². The van der Waals surface area contributed by atoms with Gasteiger partial charge in [0.15, 0.2) is 0 Å². The zero-order valence-corrected chi connectivity index (χ0v) is 11.8. The van der Waals surface area contributed by atoms with Gasteiger partial charge in [-0.2, -0.15) is 0 Å². The molecule has 1 aliphatic rings. The maximum Gasteiger partial charge on any atom is 0.134 e. The molecule has 0 spiro atoms. The van der Waals surface area contributed by atoms with Crippen LogP contribution >= 0.6 is 0 Å². The van der Waals surface area contributed by atoms with E-state index in [0.29, 0.717) is 0 Å². The number of hydrogen-bond acceptors (Lipinski definition) is 6. The first-order valence-electron chi connectivity index (χ1n) is 6.79. The average molecular weight is 270 g/mol. The Morgan fingerprint density at radius 3 is 2.35 bits per heavy atom. The summed E-state index contributed by atoms with van der Waals surface area (Å²) in [5.41, 5.74) is 2.13. The van der Waals surface area contributed by atoms with Crippen LogP contribution in [0.5, 0.6) is 0 Å². The molecule has 6 heteroatoms. The molecule has 1 aliphatic heterocycles. The number of aryl methyl sites for hydroxylation is 2. The molecule has 2 aromatic rings. The van der Waals surface area contributed by atoms with Crippen molar-refractivity contribution < 1.29 is 0 Å². The lowest BCUT2D eigenvalue weighted by Gasteiger charge is -2.36. The molecule has 6 nitrogen and oxygen atoms in total. The number of aromatic nitrogens is 4. The summed E-state index contributed by atoms with van der Waals surface area (Å²) in [6, 6.07) is 2.03. The highest BCUT2D eigenvalue weighted by molar-refractivity contribution is 5.48. The second-order valence-electron chi connectivity index (χ2n) is 5.02. The largest absolute Gasteiger partial charge is 0.353 e. The topological polar surface area (TPSA) is 58.0 Å². The zero-order chi connectivity index (χ0) is 13.9. The molecule has 1 fully saturated rings. The molecule has 0 aromatic carbocycles. The Morgan fingerprint density at radius 1 is 0.900 bits per heavy atom. The first-order valence-corrected chi connectivity index (χ1v) is 6.79. The molecule has 0 bridgehead atoms. The van der Waals surface area contributed by atoms with Gasteiger partial charge in [-0.25, -0.2) is 19.9 Å². The number of anilines is 2. The summed E-state index contributed by atoms with van der Waals surface area (Å²) in [5.74, 6) is 2.05. The van der Waals surface area contributed by atoms with Crippen molar-refractivity contribution in [2.75, 3.05) is 36.0 Å². The van der Waals surface area contributed by atoms with Crippen molar-refractivity contribution in [3.63, 3.8) is 0 Å². The van der Waals surface area contributed by atoms with Gasteiger partial charge >= 0.3 is 0 Å². The lowest BCUT2D eigenvalue weighted by atomic mass is 10.2. The van der Waals surface area contributed by atoms with Crippen molar-refractivity contribution in [1.29, 1.82) is 0 Å². The number of piperazine rings is 1. The monoisotopic (exact) mass is 270 g/mol. The van der Waals surface area contributed by atoms with E-state index in [1.807, 2.05) is 19.2 Å². The van der Waals surface area contributed by atoms with Gasteiger partial charge in [-0.15, -0.1) is 0 Å². The van der Waals surface area contributed by atoms with Crippen molar-refractivity contribution in [3.05, 3.63) is 36.2 Å². The predicted octanol–water partition coefficient (Wildman–Crippen LogP) is 1.21. The third kappa shape index (κ3) is 2.54. The van der Waals surface area contributed by atoms with E-state index < -0.39 is 0 Å². The third-order valence-corrected chi connectivity index (χ3v) is 3.56. The third-order valence-electron chi connectivity index (χ3n) is 3.56. The van der Waals surface area contributed by atoms with Crippen molar-refractivity contribution in [2.24, 2.45) is 0 Å². The van der Waals surface area contributed by atoms with E-state index >= 15 is 0 Å². The van der Waals surface area contributed by atoms with Crippen LogP contribution in [0.25, 0.3) is 0 Å². The van der Waals surface area contributed by atoms with Crippen molar-refractivity contribution in [1.82, 2.24) is 19.9 Å². The fourth-order valence-corrected chi connectivity index (χ4v) is 2.48. The second kappa shape index (κ2) is 5.40. The fourth-order valence-electron chi connectivity index (χ4n) is 2.48. The zero-order valence-electron chi connectivity index (χ0n) is 11.8. The fraction of sp³-hybridized carbons (Fsp3) is 0.429. The van der Waals surface area contributed by atoms with Crippen molar-refractivity contribution in [3.8, 4) is 0 Å². The molecule has 0 saturated carbocycles. The highest BCUT2D eigenvalue weighted by atomic mass is 15.3. The van der Waals surface area contributed by atoms with Gasteiger partial charge in [-0.1, -0.05) is 0 Å². The van der Waals surface area contributed by atoms with Crippen LogP contribution in [0.3, 0.4) is 0 Å². The predicted molar refractivity (Wildman–Crippen MR) is 78.0 cm³/mol. The molecule has 3 rings (SSSR count). The maximum absolute atomic E-state index is 4.38. The smallest absolute Gasteiger partial charge is 0.134 e. The van der Waals surface area contributed by atoms with Gasteiger partial charge in [0.05, 0.1) is 0 Å². The Balaban J connectivity index is 1.70. The lowest BCUT2D eigenvalue weighted by molar-refractivity contribution is 0.638. The van der Waals surface area contributed by atoms with E-state index in [4.69, 9.17) is 0 Å². The van der Waals surface area contributed by atoms with Gasteiger partial charge in [0.2, 0.25) is 0 Å². The molecule has 0 N–H and O–H groups in total. The highest BCUT2D eigenvalue weighted by Crippen LogP contribution is 2.19. The maximum atomic E-state index is 4.38. The van der Waals surface area contributed by atoms with Crippen LogP contribution in [-0.2, 0) is 0 Å². The summed E-state index contributed by atoms with van der Waals surface area (Å²) in [7, 11) is 0. The summed E-state index contributed by atoms with van der Waals surface area (Å²) < 4.78 is 0. The summed E-state index contributed by atoms with van der Waals surface area (Å²) in [5, 5.41) is 0. The first kappa shape index (κ1) is 12.8. The average Bonchev–Trinajstić information content (AvgIpc) is 2.48. The van der Waals surface area contributed by atoms with Crippen LogP contribution in [0.15, 0.2) is 24.9 Å². The van der Waals surface area contributed by atoms with E-state index in [-0.39, 0.29) is 0 Å². The van der Waals surface area contributed by atoms with Gasteiger partial charge in [-0.3, -0.25) is 0 Å². The van der Waals surface area contributed by atoms with Gasteiger partial charge in [0.25, 0.3) is 0 Å². The molecule has 3 heterocycles. The van der Waals surface area contributed by atoms with E-state index in [1.54, 1.807) is 12.7 Å². The van der Waals surface area contributed by atoms with Crippen LogP contribution in [-0.4, -0.2) is 46.1 Å². The molecule has 20 heavy (non-hydrogen) atoms. The number of rotatable bonds is 2. The van der Waals surface area contributed by atoms with E-state index in [1.165, 1.54) is 0 Å². The van der Waals surface area contributed by atoms with Gasteiger partial charge in [0, 0.05) is 49.7 Å². The van der Waals surface area contributed by atoms with Crippen LogP contribution in [0.2, 0.25) is 0 Å². The molecule has 0 radical (unpaired) electrons. The Labute approximate surface area is 118 Å². The minimum Gasteiger partial charge on any atom is -0.353 e. The Hall–Kier alpha value is -2.24. The standard InChI is InChI=1S/C14H18N6/c1-11-8-15-9-18-14(11)20-5-3-19(4-6-20)13-7-12(2)16-10-17-13/h7-10H,3-6H2,1-2H3. The number of nitrogens with zero attached hydrogens (tertiary/aromatic N) is 6. The van der Waals surface area contributed by atoms with Crippen LogP contribution in [0.1, 0.15) is 11.3 Å². The molecule has 0 atom stereocenters. The van der Waals surface area contributed by atoms with Gasteiger partial charge in [0.1, 0.15) is 24.3 Å². The van der Waals surface area contributed by atoms with E-state index in [9.17, 15) is 0 Å². The second-order valence-corrected chi connectivity index (χ2v) is 5.02. The van der Waals surface area contributed by atoms with Crippen LogP contribution in [0, 0.1) is 13.8 Å².